The van der Waals surface area contributed by atoms with Crippen LogP contribution in [0.5, 0.6) is 5.75 Å². The zero-order chi connectivity index (χ0) is 21.4. The lowest BCUT2D eigenvalue weighted by atomic mass is 10.1. The second kappa shape index (κ2) is 10.1. The van der Waals surface area contributed by atoms with E-state index in [4.69, 9.17) is 18.9 Å². The topological polar surface area (TPSA) is 66.0 Å². The molecule has 0 aromatic heterocycles. The van der Waals surface area contributed by atoms with Crippen molar-refractivity contribution in [1.29, 1.82) is 0 Å². The van der Waals surface area contributed by atoms with Gasteiger partial charge in [0.15, 0.2) is 6.29 Å². The van der Waals surface area contributed by atoms with Crippen LogP contribution in [-0.4, -0.2) is 33.0 Å². The Balaban J connectivity index is 2.07. The molecule has 1 amide bonds. The summed E-state index contributed by atoms with van der Waals surface area (Å²) in [7, 11) is 4.79. The lowest BCUT2D eigenvalue weighted by Crippen LogP contribution is -2.27. The molecule has 2 rings (SSSR count). The molecule has 0 saturated heterocycles. The van der Waals surface area contributed by atoms with Crippen LogP contribution in [0.15, 0.2) is 42.5 Å². The predicted molar refractivity (Wildman–Crippen MR) is 115 cm³/mol. The predicted octanol–water partition coefficient (Wildman–Crippen LogP) is 5.50. The van der Waals surface area contributed by atoms with E-state index in [0.29, 0.717) is 11.4 Å². The van der Waals surface area contributed by atoms with Gasteiger partial charge in [0.2, 0.25) is 0 Å². The van der Waals surface area contributed by atoms with Crippen LogP contribution in [-0.2, 0) is 14.2 Å². The van der Waals surface area contributed by atoms with Gasteiger partial charge in [0.25, 0.3) is 0 Å². The first kappa shape index (κ1) is 22.5. The maximum Gasteiger partial charge on any atom is 0.412 e. The molecule has 0 atom stereocenters. The summed E-state index contributed by atoms with van der Waals surface area (Å²) in [5, 5.41) is 2.72. The molecule has 0 unspecified atom stereocenters. The Bertz CT molecular complexity index is 833. The van der Waals surface area contributed by atoms with E-state index in [2.05, 4.69) is 5.32 Å². The number of methoxy groups -OCH3 is 3. The minimum atomic E-state index is -0.532. The number of anilines is 1. The highest BCUT2D eigenvalue weighted by molar-refractivity contribution is 5.85. The molecule has 0 fully saturated rings. The quantitative estimate of drug-likeness (QED) is 0.492. The molecule has 0 bridgehead atoms. The zero-order valence-electron chi connectivity index (χ0n) is 17.8. The largest absolute Gasteiger partial charge is 0.496 e. The molecule has 6 heteroatoms. The molecule has 2 aromatic rings. The Kier molecular flexibility index (Phi) is 7.82. The van der Waals surface area contributed by atoms with Crippen LogP contribution in [0.3, 0.4) is 0 Å². The molecule has 6 nitrogen and oxygen atoms in total. The molecule has 29 heavy (non-hydrogen) atoms. The van der Waals surface area contributed by atoms with Crippen LogP contribution in [0.2, 0.25) is 0 Å². The van der Waals surface area contributed by atoms with E-state index >= 15 is 0 Å². The van der Waals surface area contributed by atoms with E-state index in [1.54, 1.807) is 21.3 Å². The molecular weight excluding hydrogens is 370 g/mol. The molecule has 0 aliphatic heterocycles. The Hall–Kier alpha value is -2.83. The minimum absolute atomic E-state index is 0.474. The van der Waals surface area contributed by atoms with Crippen LogP contribution >= 0.6 is 0 Å². The van der Waals surface area contributed by atoms with Gasteiger partial charge in [0, 0.05) is 25.5 Å². The second-order valence-corrected chi connectivity index (χ2v) is 7.39. The molecule has 0 radical (unpaired) electrons. The highest BCUT2D eigenvalue weighted by Gasteiger charge is 2.16. The Morgan fingerprint density at radius 2 is 1.52 bits per heavy atom. The van der Waals surface area contributed by atoms with Crippen LogP contribution in [0.1, 0.15) is 43.8 Å². The van der Waals surface area contributed by atoms with Gasteiger partial charge in [-0.2, -0.15) is 0 Å². The van der Waals surface area contributed by atoms with Crippen molar-refractivity contribution in [3.63, 3.8) is 0 Å². The molecule has 2 aromatic carbocycles. The number of nitrogens with one attached hydrogen (secondary N) is 1. The fourth-order valence-electron chi connectivity index (χ4n) is 2.67. The minimum Gasteiger partial charge on any atom is -0.496 e. The van der Waals surface area contributed by atoms with E-state index in [-0.39, 0.29) is 0 Å². The molecule has 1 N–H and O–H groups in total. The first-order valence-corrected chi connectivity index (χ1v) is 9.27. The van der Waals surface area contributed by atoms with Crippen LogP contribution < -0.4 is 10.1 Å². The number of carbonyl (C=O) groups is 1. The standard InChI is InChI=1S/C23H29NO5/c1-23(2,3)29-22(25)24-18-12-9-16(10-13-18)7-8-17-11-14-19(20(15-17)26-4)21(27-5)28-6/h7-15,21H,1-6H3,(H,24,25)/b8-7+. The highest BCUT2D eigenvalue weighted by Crippen LogP contribution is 2.29. The zero-order valence-corrected chi connectivity index (χ0v) is 17.8. The lowest BCUT2D eigenvalue weighted by Gasteiger charge is -2.19. The molecular formula is C23H29NO5. The highest BCUT2D eigenvalue weighted by atomic mass is 16.7. The third-order valence-corrected chi connectivity index (χ3v) is 3.96. The maximum absolute atomic E-state index is 11.8. The molecule has 156 valence electrons. The summed E-state index contributed by atoms with van der Waals surface area (Å²) >= 11 is 0. The SMILES string of the molecule is COc1cc(/C=C/c2ccc(NC(=O)OC(C)(C)C)cc2)ccc1C(OC)OC. The Morgan fingerprint density at radius 3 is 2.07 bits per heavy atom. The van der Waals surface area contributed by atoms with Crippen molar-refractivity contribution in [2.75, 3.05) is 26.6 Å². The summed E-state index contributed by atoms with van der Waals surface area (Å²) in [4.78, 5) is 11.8. The summed E-state index contributed by atoms with van der Waals surface area (Å²) in [6.45, 7) is 5.48. The van der Waals surface area contributed by atoms with Crippen molar-refractivity contribution in [3.8, 4) is 5.75 Å². The molecule has 0 aliphatic rings. The summed E-state index contributed by atoms with van der Waals surface area (Å²) in [6, 6.07) is 13.3. The van der Waals surface area contributed by atoms with Crippen molar-refractivity contribution in [1.82, 2.24) is 0 Å². The summed E-state index contributed by atoms with van der Waals surface area (Å²) < 4.78 is 21.3. The lowest BCUT2D eigenvalue weighted by molar-refractivity contribution is -0.106. The number of hydrogen-bond acceptors (Lipinski definition) is 5. The number of rotatable bonds is 7. The van der Waals surface area contributed by atoms with E-state index in [0.717, 1.165) is 16.7 Å². The monoisotopic (exact) mass is 399 g/mol. The number of carbonyl (C=O) groups excluding carboxylic acids is 1. The smallest absolute Gasteiger partial charge is 0.412 e. The second-order valence-electron chi connectivity index (χ2n) is 7.39. The average molecular weight is 399 g/mol. The number of amides is 1. The first-order chi connectivity index (χ1) is 13.8. The van der Waals surface area contributed by atoms with E-state index in [9.17, 15) is 4.79 Å². The summed E-state index contributed by atoms with van der Waals surface area (Å²) in [5.41, 5.74) is 2.94. The average Bonchev–Trinajstić information content (AvgIpc) is 2.67. The van der Waals surface area contributed by atoms with Crippen LogP contribution in [0, 0.1) is 0 Å². The fraction of sp³-hybridized carbons (Fsp3) is 0.348. The van der Waals surface area contributed by atoms with E-state index < -0.39 is 18.0 Å². The van der Waals surface area contributed by atoms with Crippen LogP contribution in [0.4, 0.5) is 10.5 Å². The number of ether oxygens (including phenoxy) is 4. The Labute approximate surface area is 172 Å². The van der Waals surface area contributed by atoms with Gasteiger partial charge in [0.1, 0.15) is 11.4 Å². The van der Waals surface area contributed by atoms with Gasteiger partial charge in [-0.3, -0.25) is 5.32 Å². The van der Waals surface area contributed by atoms with Gasteiger partial charge in [-0.05, 0) is 56.2 Å². The maximum atomic E-state index is 11.8. The summed E-state index contributed by atoms with van der Waals surface area (Å²) in [6.07, 6.45) is 3.01. The van der Waals surface area contributed by atoms with Crippen molar-refractivity contribution in [3.05, 3.63) is 59.2 Å². The van der Waals surface area contributed by atoms with Gasteiger partial charge in [0.05, 0.1) is 7.11 Å². The third kappa shape index (κ3) is 6.93. The van der Waals surface area contributed by atoms with Crippen molar-refractivity contribution in [2.24, 2.45) is 0 Å². The van der Waals surface area contributed by atoms with Crippen molar-refractivity contribution >= 4 is 23.9 Å². The van der Waals surface area contributed by atoms with Crippen molar-refractivity contribution in [2.45, 2.75) is 32.7 Å². The van der Waals surface area contributed by atoms with E-state index in [1.807, 2.05) is 75.4 Å². The number of hydrogen-bond donors (Lipinski definition) is 1. The molecule has 0 spiro atoms. The number of benzene rings is 2. The van der Waals surface area contributed by atoms with Gasteiger partial charge in [-0.25, -0.2) is 4.79 Å². The van der Waals surface area contributed by atoms with Crippen molar-refractivity contribution < 1.29 is 23.7 Å². The molecule has 0 saturated carbocycles. The van der Waals surface area contributed by atoms with Gasteiger partial charge >= 0.3 is 6.09 Å². The fourth-order valence-corrected chi connectivity index (χ4v) is 2.67. The first-order valence-electron chi connectivity index (χ1n) is 9.27. The van der Waals surface area contributed by atoms with E-state index in [1.165, 1.54) is 0 Å². The molecule has 0 aliphatic carbocycles. The Morgan fingerprint density at radius 1 is 0.931 bits per heavy atom. The van der Waals surface area contributed by atoms with Gasteiger partial charge in [-0.1, -0.05) is 30.4 Å². The third-order valence-electron chi connectivity index (χ3n) is 3.96. The normalized spacial score (nSPS) is 11.7. The van der Waals surface area contributed by atoms with Crippen LogP contribution in [0.25, 0.3) is 12.2 Å². The van der Waals surface area contributed by atoms with Gasteiger partial charge < -0.3 is 18.9 Å². The molecule has 0 heterocycles. The summed E-state index contributed by atoms with van der Waals surface area (Å²) in [5.74, 6) is 0.692. The van der Waals surface area contributed by atoms with Gasteiger partial charge in [-0.15, -0.1) is 0 Å².